The van der Waals surface area contributed by atoms with Gasteiger partial charge in [0.2, 0.25) is 0 Å². The molecule has 2 amide bonds. The minimum atomic E-state index is -0.297. The molecule has 1 aliphatic heterocycles. The lowest BCUT2D eigenvalue weighted by Crippen LogP contribution is -2.50. The van der Waals surface area contributed by atoms with E-state index >= 15 is 0 Å². The van der Waals surface area contributed by atoms with Crippen molar-refractivity contribution in [1.29, 1.82) is 0 Å². The lowest BCUT2D eigenvalue weighted by atomic mass is 10.1. The Balaban J connectivity index is 1.34. The summed E-state index contributed by atoms with van der Waals surface area (Å²) in [6.45, 7) is 2.02. The molecule has 1 aromatic carbocycles. The van der Waals surface area contributed by atoms with Gasteiger partial charge < -0.3 is 9.80 Å². The number of carbonyl (C=O) groups is 2. The van der Waals surface area contributed by atoms with Crippen molar-refractivity contribution in [3.8, 4) is 5.69 Å². The number of hydrogen-bond donors (Lipinski definition) is 0. The van der Waals surface area contributed by atoms with Crippen LogP contribution in [0.2, 0.25) is 0 Å². The van der Waals surface area contributed by atoms with E-state index in [1.165, 1.54) is 23.5 Å². The van der Waals surface area contributed by atoms with E-state index in [2.05, 4.69) is 5.10 Å². The number of fused-ring (bicyclic) bond motifs is 1. The maximum absolute atomic E-state index is 13.3. The van der Waals surface area contributed by atoms with Crippen molar-refractivity contribution in [2.24, 2.45) is 0 Å². The molecule has 0 bridgehead atoms. The van der Waals surface area contributed by atoms with Gasteiger partial charge in [0, 0.05) is 37.4 Å². The molecule has 0 spiro atoms. The summed E-state index contributed by atoms with van der Waals surface area (Å²) in [6.07, 6.45) is 2.67. The molecule has 0 atom stereocenters. The summed E-state index contributed by atoms with van der Waals surface area (Å²) in [5, 5.41) is 6.52. The molecule has 6 nitrogen and oxygen atoms in total. The van der Waals surface area contributed by atoms with Crippen molar-refractivity contribution >= 4 is 23.2 Å². The number of rotatable bonds is 3. The Labute approximate surface area is 177 Å². The van der Waals surface area contributed by atoms with Crippen molar-refractivity contribution in [2.45, 2.75) is 19.3 Å². The van der Waals surface area contributed by atoms with Crippen LogP contribution in [0.5, 0.6) is 0 Å². The van der Waals surface area contributed by atoms with E-state index in [-0.39, 0.29) is 17.6 Å². The number of carbonyl (C=O) groups excluding carboxylic acids is 2. The smallest absolute Gasteiger partial charge is 0.274 e. The van der Waals surface area contributed by atoms with Crippen LogP contribution in [0.25, 0.3) is 5.69 Å². The molecule has 2 aliphatic rings. The van der Waals surface area contributed by atoms with E-state index < -0.39 is 0 Å². The minimum Gasteiger partial charge on any atom is -0.334 e. The number of nitrogens with zero attached hydrogens (tertiary/aromatic N) is 4. The average molecular weight is 425 g/mol. The van der Waals surface area contributed by atoms with Crippen LogP contribution in [-0.2, 0) is 12.8 Å². The Bertz CT molecular complexity index is 1080. The zero-order valence-corrected chi connectivity index (χ0v) is 17.2. The topological polar surface area (TPSA) is 58.4 Å². The highest BCUT2D eigenvalue weighted by atomic mass is 32.1. The van der Waals surface area contributed by atoms with Gasteiger partial charge in [0.15, 0.2) is 5.69 Å². The minimum absolute atomic E-state index is 0.0265. The molecular formula is C22H21FN4O2S. The fraction of sp³-hybridized carbons (Fsp3) is 0.318. The monoisotopic (exact) mass is 424 g/mol. The quantitative estimate of drug-likeness (QED) is 0.649. The van der Waals surface area contributed by atoms with Crippen molar-refractivity contribution < 1.29 is 14.0 Å². The number of aromatic nitrogens is 2. The third-order valence-electron chi connectivity index (χ3n) is 5.79. The van der Waals surface area contributed by atoms with Gasteiger partial charge in [-0.15, -0.1) is 11.3 Å². The van der Waals surface area contributed by atoms with E-state index in [0.29, 0.717) is 31.9 Å². The van der Waals surface area contributed by atoms with Gasteiger partial charge in [0.25, 0.3) is 11.8 Å². The van der Waals surface area contributed by atoms with Crippen LogP contribution in [0, 0.1) is 5.82 Å². The van der Waals surface area contributed by atoms with Crippen molar-refractivity contribution in [3.05, 3.63) is 69.4 Å². The first kappa shape index (κ1) is 19.0. The average Bonchev–Trinajstić information content (AvgIpc) is 3.52. The van der Waals surface area contributed by atoms with Crippen LogP contribution in [0.1, 0.15) is 37.8 Å². The van der Waals surface area contributed by atoms with Gasteiger partial charge in [0.1, 0.15) is 5.82 Å². The number of thiophene rings is 1. The summed E-state index contributed by atoms with van der Waals surface area (Å²) >= 11 is 1.44. The molecule has 5 rings (SSSR count). The zero-order valence-electron chi connectivity index (χ0n) is 16.4. The molecule has 30 heavy (non-hydrogen) atoms. The van der Waals surface area contributed by atoms with Crippen LogP contribution in [0.15, 0.2) is 41.8 Å². The molecule has 0 unspecified atom stereocenters. The number of hydrogen-bond acceptors (Lipinski definition) is 4. The second-order valence-electron chi connectivity index (χ2n) is 7.58. The highest BCUT2D eigenvalue weighted by Gasteiger charge is 2.32. The first-order valence-corrected chi connectivity index (χ1v) is 11.0. The van der Waals surface area contributed by atoms with Gasteiger partial charge in [-0.05, 0) is 55.0 Å². The summed E-state index contributed by atoms with van der Waals surface area (Å²) in [5.41, 5.74) is 3.29. The van der Waals surface area contributed by atoms with Gasteiger partial charge in [0.05, 0.1) is 10.6 Å². The Morgan fingerprint density at radius 1 is 0.933 bits per heavy atom. The third kappa shape index (κ3) is 3.31. The fourth-order valence-electron chi connectivity index (χ4n) is 4.22. The maximum Gasteiger partial charge on any atom is 0.274 e. The summed E-state index contributed by atoms with van der Waals surface area (Å²) < 4.78 is 15.1. The van der Waals surface area contributed by atoms with Gasteiger partial charge in [-0.1, -0.05) is 6.07 Å². The van der Waals surface area contributed by atoms with Crippen LogP contribution < -0.4 is 0 Å². The summed E-state index contributed by atoms with van der Waals surface area (Å²) in [7, 11) is 0. The first-order chi connectivity index (χ1) is 14.6. The van der Waals surface area contributed by atoms with Crippen LogP contribution >= 0.6 is 11.3 Å². The predicted octanol–water partition coefficient (Wildman–Crippen LogP) is 3.16. The number of piperazine rings is 1. The lowest BCUT2D eigenvalue weighted by molar-refractivity contribution is 0.0534. The number of halogens is 1. The number of benzene rings is 1. The molecule has 3 heterocycles. The molecular weight excluding hydrogens is 403 g/mol. The molecule has 2 aromatic heterocycles. The third-order valence-corrected chi connectivity index (χ3v) is 6.65. The normalized spacial score (nSPS) is 16.0. The molecule has 0 saturated carbocycles. The summed E-state index contributed by atoms with van der Waals surface area (Å²) in [6, 6.07) is 9.88. The molecule has 3 aromatic rings. The molecule has 0 radical (unpaired) electrons. The molecule has 0 N–H and O–H groups in total. The van der Waals surface area contributed by atoms with E-state index in [1.54, 1.807) is 26.6 Å². The van der Waals surface area contributed by atoms with Gasteiger partial charge in [-0.25, -0.2) is 9.07 Å². The van der Waals surface area contributed by atoms with E-state index in [9.17, 15) is 14.0 Å². The van der Waals surface area contributed by atoms with Gasteiger partial charge >= 0.3 is 0 Å². The van der Waals surface area contributed by atoms with Crippen LogP contribution in [-0.4, -0.2) is 57.6 Å². The Morgan fingerprint density at radius 2 is 1.63 bits per heavy atom. The second-order valence-corrected chi connectivity index (χ2v) is 8.53. The lowest BCUT2D eigenvalue weighted by Gasteiger charge is -2.34. The standard InChI is InChI=1S/C22H21FN4O2S/c23-15-6-8-16(9-7-15)27-18-4-1-3-17(18)20(24-27)22(29)26-12-10-25(11-13-26)21(28)19-5-2-14-30-19/h2,5-9,14H,1,3-4,10-13H2. The van der Waals surface area contributed by atoms with E-state index in [0.717, 1.165) is 41.1 Å². The Hall–Kier alpha value is -3.00. The Morgan fingerprint density at radius 3 is 2.30 bits per heavy atom. The SMILES string of the molecule is O=C(c1cccs1)N1CCN(C(=O)c2nn(-c3ccc(F)cc3)c3c2CCC3)CC1. The summed E-state index contributed by atoms with van der Waals surface area (Å²) in [4.78, 5) is 30.1. The molecule has 1 saturated heterocycles. The van der Waals surface area contributed by atoms with Crippen molar-refractivity contribution in [3.63, 3.8) is 0 Å². The predicted molar refractivity (Wildman–Crippen MR) is 112 cm³/mol. The first-order valence-electron chi connectivity index (χ1n) is 10.1. The highest BCUT2D eigenvalue weighted by Crippen LogP contribution is 2.29. The highest BCUT2D eigenvalue weighted by molar-refractivity contribution is 7.12. The number of amides is 2. The molecule has 154 valence electrons. The molecule has 8 heteroatoms. The largest absolute Gasteiger partial charge is 0.334 e. The van der Waals surface area contributed by atoms with Crippen molar-refractivity contribution in [2.75, 3.05) is 26.2 Å². The van der Waals surface area contributed by atoms with Crippen LogP contribution in [0.4, 0.5) is 4.39 Å². The molecule has 1 fully saturated rings. The van der Waals surface area contributed by atoms with Gasteiger partial charge in [-0.3, -0.25) is 9.59 Å². The summed E-state index contributed by atoms with van der Waals surface area (Å²) in [5.74, 6) is -0.357. The molecule has 1 aliphatic carbocycles. The zero-order chi connectivity index (χ0) is 20.7. The second kappa shape index (κ2) is 7.68. The van der Waals surface area contributed by atoms with Crippen molar-refractivity contribution in [1.82, 2.24) is 19.6 Å². The fourth-order valence-corrected chi connectivity index (χ4v) is 4.91. The van der Waals surface area contributed by atoms with E-state index in [1.807, 2.05) is 17.5 Å². The van der Waals surface area contributed by atoms with Crippen LogP contribution in [0.3, 0.4) is 0 Å². The van der Waals surface area contributed by atoms with E-state index in [4.69, 9.17) is 0 Å². The Kier molecular flexibility index (Phi) is 4.86. The van der Waals surface area contributed by atoms with Gasteiger partial charge in [-0.2, -0.15) is 5.10 Å². The maximum atomic E-state index is 13.3.